The first kappa shape index (κ1) is 16.2. The molecule has 0 aliphatic heterocycles. The number of aryl methyl sites for hydroxylation is 2. The maximum atomic E-state index is 13.8. The summed E-state index contributed by atoms with van der Waals surface area (Å²) in [5.74, 6) is 0.0352. The third-order valence-corrected chi connectivity index (χ3v) is 4.00. The van der Waals surface area contributed by atoms with E-state index in [0.29, 0.717) is 23.7 Å². The van der Waals surface area contributed by atoms with Gasteiger partial charge in [0.25, 0.3) is 0 Å². The summed E-state index contributed by atoms with van der Waals surface area (Å²) in [7, 11) is 0. The summed E-state index contributed by atoms with van der Waals surface area (Å²) in [6.07, 6.45) is 3.73. The maximum absolute atomic E-state index is 13.8. The highest BCUT2D eigenvalue weighted by Crippen LogP contribution is 2.12. The Labute approximate surface area is 137 Å². The van der Waals surface area contributed by atoms with Crippen molar-refractivity contribution in [3.8, 4) is 5.69 Å². The summed E-state index contributed by atoms with van der Waals surface area (Å²) in [5.41, 5.74) is 0.134. The maximum Gasteiger partial charge on any atom is 0.350 e. The minimum Gasteiger partial charge on any atom is -0.279 e. The van der Waals surface area contributed by atoms with Crippen molar-refractivity contribution in [1.82, 2.24) is 18.7 Å². The Kier molecular flexibility index (Phi) is 4.09. The van der Waals surface area contributed by atoms with Gasteiger partial charge in [0.05, 0.1) is 5.69 Å². The lowest BCUT2D eigenvalue weighted by molar-refractivity contribution is 0.478. The predicted octanol–water partition coefficient (Wildman–Crippen LogP) is 2.14. The third-order valence-electron chi connectivity index (χ3n) is 4.00. The van der Waals surface area contributed by atoms with Crippen LogP contribution in [0.2, 0.25) is 0 Å². The molecule has 0 spiro atoms. The van der Waals surface area contributed by atoms with Gasteiger partial charge in [-0.25, -0.2) is 18.3 Å². The van der Waals surface area contributed by atoms with Crippen molar-refractivity contribution in [2.75, 3.05) is 0 Å². The molecule has 0 radical (unpaired) electrons. The van der Waals surface area contributed by atoms with E-state index < -0.39 is 5.56 Å². The van der Waals surface area contributed by atoms with Crippen molar-refractivity contribution in [2.24, 2.45) is 5.92 Å². The van der Waals surface area contributed by atoms with E-state index in [1.807, 2.05) is 0 Å². The second-order valence-electron chi connectivity index (χ2n) is 6.29. The standard InChI is InChI=1S/C17H19FN4O2/c1-11(2)6-7-22-17(24)21-9-8-20(16(23)15(21)19-22)13-5-4-12(3)14(18)10-13/h4-5,8-11H,6-7H2,1-3H3. The minimum absolute atomic E-state index is 0.0345. The van der Waals surface area contributed by atoms with Gasteiger partial charge in [0.15, 0.2) is 0 Å². The summed E-state index contributed by atoms with van der Waals surface area (Å²) in [5, 5.41) is 4.15. The molecule has 0 atom stereocenters. The Morgan fingerprint density at radius 3 is 2.62 bits per heavy atom. The largest absolute Gasteiger partial charge is 0.350 e. The molecule has 0 aliphatic carbocycles. The highest BCUT2D eigenvalue weighted by Gasteiger charge is 2.13. The fraction of sp³-hybridized carbons (Fsp3) is 0.353. The van der Waals surface area contributed by atoms with Crippen LogP contribution >= 0.6 is 0 Å². The van der Waals surface area contributed by atoms with E-state index in [0.717, 1.165) is 6.42 Å². The van der Waals surface area contributed by atoms with E-state index in [9.17, 15) is 14.0 Å². The molecule has 0 N–H and O–H groups in total. The van der Waals surface area contributed by atoms with Crippen LogP contribution in [0, 0.1) is 18.7 Å². The SMILES string of the molecule is Cc1ccc(-n2ccn3c(=O)n(CCC(C)C)nc3c2=O)cc1F. The van der Waals surface area contributed by atoms with Gasteiger partial charge in [-0.05, 0) is 37.0 Å². The van der Waals surface area contributed by atoms with Crippen LogP contribution in [-0.4, -0.2) is 18.7 Å². The van der Waals surface area contributed by atoms with Crippen molar-refractivity contribution in [1.29, 1.82) is 0 Å². The molecule has 2 heterocycles. The fourth-order valence-electron chi connectivity index (χ4n) is 2.47. The molecule has 2 aromatic heterocycles. The molecule has 3 rings (SSSR count). The first-order valence-electron chi connectivity index (χ1n) is 7.86. The molecule has 126 valence electrons. The van der Waals surface area contributed by atoms with E-state index in [1.54, 1.807) is 19.1 Å². The first-order chi connectivity index (χ1) is 11.4. The Balaban J connectivity index is 2.12. The zero-order chi connectivity index (χ0) is 17.4. The fourth-order valence-corrected chi connectivity index (χ4v) is 2.47. The molecule has 0 saturated carbocycles. The van der Waals surface area contributed by atoms with Crippen LogP contribution in [0.5, 0.6) is 0 Å². The van der Waals surface area contributed by atoms with Crippen LogP contribution in [0.1, 0.15) is 25.8 Å². The molecule has 0 bridgehead atoms. The molecular weight excluding hydrogens is 311 g/mol. The molecule has 1 aromatic carbocycles. The van der Waals surface area contributed by atoms with Crippen LogP contribution in [0.15, 0.2) is 40.2 Å². The number of benzene rings is 1. The van der Waals surface area contributed by atoms with Crippen LogP contribution < -0.4 is 11.2 Å². The van der Waals surface area contributed by atoms with E-state index in [1.165, 1.54) is 32.1 Å². The van der Waals surface area contributed by atoms with Gasteiger partial charge in [-0.1, -0.05) is 19.9 Å². The lowest BCUT2D eigenvalue weighted by Crippen LogP contribution is -2.24. The van der Waals surface area contributed by atoms with Gasteiger partial charge in [-0.15, -0.1) is 5.10 Å². The average molecular weight is 330 g/mol. The smallest absolute Gasteiger partial charge is 0.279 e. The molecule has 0 unspecified atom stereocenters. The van der Waals surface area contributed by atoms with Crippen LogP contribution in [-0.2, 0) is 6.54 Å². The number of hydrogen-bond donors (Lipinski definition) is 0. The zero-order valence-electron chi connectivity index (χ0n) is 13.9. The Bertz CT molecular complexity index is 1010. The Morgan fingerprint density at radius 1 is 1.21 bits per heavy atom. The number of fused-ring (bicyclic) bond motifs is 1. The summed E-state index contributed by atoms with van der Waals surface area (Å²) < 4.78 is 17.6. The normalized spacial score (nSPS) is 11.5. The van der Waals surface area contributed by atoms with E-state index in [-0.39, 0.29) is 17.2 Å². The lowest BCUT2D eigenvalue weighted by atomic mass is 10.1. The van der Waals surface area contributed by atoms with E-state index in [4.69, 9.17) is 0 Å². The Hall–Kier alpha value is -2.70. The highest BCUT2D eigenvalue weighted by atomic mass is 19.1. The average Bonchev–Trinajstić information content (AvgIpc) is 2.86. The van der Waals surface area contributed by atoms with Crippen LogP contribution in [0.25, 0.3) is 11.3 Å². The van der Waals surface area contributed by atoms with Crippen molar-refractivity contribution in [2.45, 2.75) is 33.7 Å². The van der Waals surface area contributed by atoms with Gasteiger partial charge < -0.3 is 0 Å². The second-order valence-corrected chi connectivity index (χ2v) is 6.29. The van der Waals surface area contributed by atoms with E-state index in [2.05, 4.69) is 18.9 Å². The van der Waals surface area contributed by atoms with Crippen LogP contribution in [0.3, 0.4) is 0 Å². The zero-order valence-corrected chi connectivity index (χ0v) is 13.9. The molecule has 6 nitrogen and oxygen atoms in total. The van der Waals surface area contributed by atoms with Gasteiger partial charge >= 0.3 is 11.2 Å². The quantitative estimate of drug-likeness (QED) is 0.736. The number of aromatic nitrogens is 4. The monoisotopic (exact) mass is 330 g/mol. The first-order valence-corrected chi connectivity index (χ1v) is 7.86. The summed E-state index contributed by atoms with van der Waals surface area (Å²) in [6, 6.07) is 4.56. The molecule has 0 fully saturated rings. The molecule has 0 saturated heterocycles. The van der Waals surface area contributed by atoms with Gasteiger partial charge in [0, 0.05) is 18.9 Å². The summed E-state index contributed by atoms with van der Waals surface area (Å²) >= 11 is 0. The van der Waals surface area contributed by atoms with Crippen molar-refractivity contribution in [3.05, 3.63) is 62.8 Å². The minimum atomic E-state index is -0.457. The Morgan fingerprint density at radius 2 is 1.96 bits per heavy atom. The second kappa shape index (κ2) is 6.07. The number of hydrogen-bond acceptors (Lipinski definition) is 3. The van der Waals surface area contributed by atoms with Gasteiger partial charge in [0.2, 0.25) is 5.65 Å². The molecule has 24 heavy (non-hydrogen) atoms. The van der Waals surface area contributed by atoms with Crippen molar-refractivity contribution < 1.29 is 4.39 Å². The third kappa shape index (κ3) is 2.77. The van der Waals surface area contributed by atoms with Gasteiger partial charge in [-0.2, -0.15) is 0 Å². The number of halogens is 1. The molecule has 0 amide bonds. The van der Waals surface area contributed by atoms with Crippen molar-refractivity contribution >= 4 is 5.65 Å². The number of nitrogens with zero attached hydrogens (tertiary/aromatic N) is 4. The number of rotatable bonds is 4. The lowest BCUT2D eigenvalue weighted by Gasteiger charge is -2.06. The van der Waals surface area contributed by atoms with E-state index >= 15 is 0 Å². The highest BCUT2D eigenvalue weighted by molar-refractivity contribution is 5.41. The topological polar surface area (TPSA) is 61.3 Å². The van der Waals surface area contributed by atoms with Gasteiger partial charge in [-0.3, -0.25) is 9.36 Å². The molecule has 7 heteroatoms. The van der Waals surface area contributed by atoms with Crippen molar-refractivity contribution in [3.63, 3.8) is 0 Å². The summed E-state index contributed by atoms with van der Waals surface area (Å²) in [6.45, 7) is 6.22. The summed E-state index contributed by atoms with van der Waals surface area (Å²) in [4.78, 5) is 24.9. The molecule has 3 aromatic rings. The predicted molar refractivity (Wildman–Crippen MR) is 89.2 cm³/mol. The van der Waals surface area contributed by atoms with Crippen LogP contribution in [0.4, 0.5) is 4.39 Å². The molecule has 0 aliphatic rings. The van der Waals surface area contributed by atoms with Gasteiger partial charge in [0.1, 0.15) is 5.82 Å². The molecular formula is C17H19FN4O2.